The number of benzene rings is 1. The van der Waals surface area contributed by atoms with E-state index in [0.717, 1.165) is 6.26 Å². The van der Waals surface area contributed by atoms with E-state index >= 15 is 0 Å². The van der Waals surface area contributed by atoms with Crippen molar-refractivity contribution < 1.29 is 13.2 Å². The second-order valence-electron chi connectivity index (χ2n) is 3.38. The first-order chi connectivity index (χ1) is 8.05. The van der Waals surface area contributed by atoms with Gasteiger partial charge in [0.1, 0.15) is 5.75 Å². The van der Waals surface area contributed by atoms with Gasteiger partial charge in [-0.2, -0.15) is 0 Å². The molecule has 1 heterocycles. The predicted octanol–water partition coefficient (Wildman–Crippen LogP) is 1.67. The lowest BCUT2D eigenvalue weighted by Crippen LogP contribution is -1.96. The third kappa shape index (κ3) is 3.01. The lowest BCUT2D eigenvalue weighted by atomic mass is 10.3. The van der Waals surface area contributed by atoms with Crippen LogP contribution in [0.15, 0.2) is 47.6 Å². The Hall–Kier alpha value is -1.95. The smallest absolute Gasteiger partial charge is 0.321 e. The van der Waals surface area contributed by atoms with Crippen molar-refractivity contribution in [2.75, 3.05) is 6.26 Å². The molecule has 0 N–H and O–H groups in total. The highest BCUT2D eigenvalue weighted by Crippen LogP contribution is 2.19. The van der Waals surface area contributed by atoms with Gasteiger partial charge in [-0.3, -0.25) is 0 Å². The minimum atomic E-state index is -3.18. The zero-order valence-electron chi connectivity index (χ0n) is 9.07. The van der Waals surface area contributed by atoms with Gasteiger partial charge in [-0.25, -0.2) is 18.4 Å². The molecule has 2 aromatic rings. The maximum Gasteiger partial charge on any atom is 0.321 e. The van der Waals surface area contributed by atoms with Crippen LogP contribution >= 0.6 is 0 Å². The van der Waals surface area contributed by atoms with Gasteiger partial charge in [-0.15, -0.1) is 0 Å². The number of hydrogen-bond acceptors (Lipinski definition) is 5. The third-order valence-electron chi connectivity index (χ3n) is 2.00. The van der Waals surface area contributed by atoms with Crippen LogP contribution in [0.25, 0.3) is 0 Å². The van der Waals surface area contributed by atoms with Crippen LogP contribution in [0.2, 0.25) is 0 Å². The molecule has 0 aliphatic heterocycles. The highest BCUT2D eigenvalue weighted by atomic mass is 32.2. The van der Waals surface area contributed by atoms with Crippen molar-refractivity contribution >= 4 is 9.84 Å². The molecule has 0 bridgehead atoms. The molecule has 1 aromatic carbocycles. The van der Waals surface area contributed by atoms with Gasteiger partial charge < -0.3 is 4.74 Å². The minimum absolute atomic E-state index is 0.222. The molecule has 2 rings (SSSR count). The lowest BCUT2D eigenvalue weighted by Gasteiger charge is -2.03. The Morgan fingerprint density at radius 3 is 2.18 bits per heavy atom. The van der Waals surface area contributed by atoms with Gasteiger partial charge in [0.25, 0.3) is 0 Å². The van der Waals surface area contributed by atoms with E-state index in [1.54, 1.807) is 30.6 Å². The summed E-state index contributed by atoms with van der Waals surface area (Å²) in [4.78, 5) is 8.04. The van der Waals surface area contributed by atoms with Gasteiger partial charge in [-0.1, -0.05) is 0 Å². The van der Waals surface area contributed by atoms with Crippen LogP contribution in [-0.4, -0.2) is 24.6 Å². The van der Waals surface area contributed by atoms with Crippen molar-refractivity contribution in [1.82, 2.24) is 9.97 Å². The summed E-state index contributed by atoms with van der Waals surface area (Å²) in [5.74, 6) is 0.489. The van der Waals surface area contributed by atoms with E-state index in [1.807, 2.05) is 0 Å². The molecule has 0 amide bonds. The molecule has 5 nitrogen and oxygen atoms in total. The van der Waals surface area contributed by atoms with E-state index < -0.39 is 9.84 Å². The van der Waals surface area contributed by atoms with Crippen molar-refractivity contribution in [3.05, 3.63) is 42.7 Å². The first-order valence-electron chi connectivity index (χ1n) is 4.81. The van der Waals surface area contributed by atoms with Crippen molar-refractivity contribution in [3.63, 3.8) is 0 Å². The van der Waals surface area contributed by atoms with Gasteiger partial charge in [-0.05, 0) is 30.3 Å². The summed E-state index contributed by atoms with van der Waals surface area (Å²) in [6, 6.07) is 7.99. The van der Waals surface area contributed by atoms with Crippen molar-refractivity contribution in [1.29, 1.82) is 0 Å². The number of ether oxygens (including phenoxy) is 1. The van der Waals surface area contributed by atoms with E-state index in [9.17, 15) is 8.42 Å². The molecule has 0 unspecified atom stereocenters. The van der Waals surface area contributed by atoms with Crippen LogP contribution < -0.4 is 4.74 Å². The van der Waals surface area contributed by atoms with Gasteiger partial charge in [0.2, 0.25) is 0 Å². The fourth-order valence-corrected chi connectivity index (χ4v) is 1.83. The van der Waals surface area contributed by atoms with Crippen LogP contribution in [0.3, 0.4) is 0 Å². The Kier molecular flexibility index (Phi) is 3.06. The first-order valence-corrected chi connectivity index (χ1v) is 6.70. The molecule has 0 fully saturated rings. The van der Waals surface area contributed by atoms with Gasteiger partial charge >= 0.3 is 6.01 Å². The topological polar surface area (TPSA) is 69.2 Å². The Morgan fingerprint density at radius 2 is 1.65 bits per heavy atom. The highest BCUT2D eigenvalue weighted by molar-refractivity contribution is 7.90. The standard InChI is InChI=1S/C11H10N2O3S/c1-17(14,15)10-5-3-9(4-6-10)16-11-12-7-2-8-13-11/h2-8H,1H3. The molecule has 6 heteroatoms. The molecular weight excluding hydrogens is 240 g/mol. The van der Waals surface area contributed by atoms with Crippen LogP contribution in [0.4, 0.5) is 0 Å². The van der Waals surface area contributed by atoms with Gasteiger partial charge in [0, 0.05) is 18.6 Å². The van der Waals surface area contributed by atoms with Crippen LogP contribution in [0, 0.1) is 0 Å². The summed E-state index contributed by atoms with van der Waals surface area (Å²) < 4.78 is 27.8. The molecule has 0 radical (unpaired) electrons. The Balaban J connectivity index is 2.20. The average molecular weight is 250 g/mol. The van der Waals surface area contributed by atoms with E-state index in [-0.39, 0.29) is 10.9 Å². The first kappa shape index (κ1) is 11.5. The molecule has 1 aromatic heterocycles. The maximum absolute atomic E-state index is 11.2. The Labute approximate surface area is 99.0 Å². The number of aromatic nitrogens is 2. The number of rotatable bonds is 3. The Morgan fingerprint density at radius 1 is 1.06 bits per heavy atom. The summed E-state index contributed by atoms with van der Waals surface area (Å²) in [5.41, 5.74) is 0. The second kappa shape index (κ2) is 4.50. The molecule has 88 valence electrons. The number of nitrogens with zero attached hydrogens (tertiary/aromatic N) is 2. The molecule has 0 aliphatic carbocycles. The van der Waals surface area contributed by atoms with Crippen LogP contribution in [0.5, 0.6) is 11.8 Å². The highest BCUT2D eigenvalue weighted by Gasteiger charge is 2.07. The van der Waals surface area contributed by atoms with E-state index in [1.165, 1.54) is 12.1 Å². The fraction of sp³-hybridized carbons (Fsp3) is 0.0909. The predicted molar refractivity (Wildman–Crippen MR) is 61.7 cm³/mol. The molecule has 0 spiro atoms. The molecule has 0 aliphatic rings. The van der Waals surface area contributed by atoms with Crippen molar-refractivity contribution in [2.45, 2.75) is 4.90 Å². The van der Waals surface area contributed by atoms with E-state index in [4.69, 9.17) is 4.74 Å². The third-order valence-corrected chi connectivity index (χ3v) is 3.13. The minimum Gasteiger partial charge on any atom is -0.424 e. The SMILES string of the molecule is CS(=O)(=O)c1ccc(Oc2ncccn2)cc1. The van der Waals surface area contributed by atoms with Crippen molar-refractivity contribution in [2.24, 2.45) is 0 Å². The molecule has 17 heavy (non-hydrogen) atoms. The molecule has 0 saturated carbocycles. The van der Waals surface area contributed by atoms with E-state index in [2.05, 4.69) is 9.97 Å². The van der Waals surface area contributed by atoms with E-state index in [0.29, 0.717) is 5.75 Å². The normalized spacial score (nSPS) is 11.1. The largest absolute Gasteiger partial charge is 0.424 e. The van der Waals surface area contributed by atoms with Gasteiger partial charge in [0.05, 0.1) is 4.90 Å². The summed E-state index contributed by atoms with van der Waals surface area (Å²) in [7, 11) is -3.18. The number of hydrogen-bond donors (Lipinski definition) is 0. The monoisotopic (exact) mass is 250 g/mol. The molecule has 0 atom stereocenters. The average Bonchev–Trinajstić information content (AvgIpc) is 2.30. The zero-order valence-corrected chi connectivity index (χ0v) is 9.89. The summed E-state index contributed by atoms with van der Waals surface area (Å²) >= 11 is 0. The lowest BCUT2D eigenvalue weighted by molar-refractivity contribution is 0.441. The molecular formula is C11H10N2O3S. The zero-order chi connectivity index (χ0) is 12.3. The maximum atomic E-state index is 11.2. The van der Waals surface area contributed by atoms with Crippen LogP contribution in [0.1, 0.15) is 0 Å². The van der Waals surface area contributed by atoms with Crippen molar-refractivity contribution in [3.8, 4) is 11.8 Å². The Bertz CT molecular complexity index is 594. The fourth-order valence-electron chi connectivity index (χ4n) is 1.20. The quantitative estimate of drug-likeness (QED) is 0.828. The van der Waals surface area contributed by atoms with Crippen LogP contribution in [-0.2, 0) is 9.84 Å². The summed E-state index contributed by atoms with van der Waals surface area (Å²) in [6.45, 7) is 0. The second-order valence-corrected chi connectivity index (χ2v) is 5.39. The summed E-state index contributed by atoms with van der Waals surface area (Å²) in [6.07, 6.45) is 4.28. The molecule has 0 saturated heterocycles. The number of sulfone groups is 1. The summed E-state index contributed by atoms with van der Waals surface area (Å²) in [5, 5.41) is 0. The van der Waals surface area contributed by atoms with Gasteiger partial charge in [0.15, 0.2) is 9.84 Å².